The normalized spacial score (nSPS) is 16.7. The highest BCUT2D eigenvalue weighted by Gasteiger charge is 2.36. The fourth-order valence-electron chi connectivity index (χ4n) is 3.16. The minimum absolute atomic E-state index is 0.121. The van der Waals surface area contributed by atoms with Crippen molar-refractivity contribution in [1.29, 1.82) is 0 Å². The van der Waals surface area contributed by atoms with Crippen LogP contribution >= 0.6 is 0 Å². The first-order valence-corrected chi connectivity index (χ1v) is 7.82. The molecular weight excluding hydrogens is 326 g/mol. The van der Waals surface area contributed by atoms with E-state index >= 15 is 0 Å². The maximum atomic E-state index is 11.3. The van der Waals surface area contributed by atoms with Crippen LogP contribution in [0.15, 0.2) is 35.1 Å². The van der Waals surface area contributed by atoms with E-state index in [9.17, 15) is 14.7 Å². The lowest BCUT2D eigenvalue weighted by Gasteiger charge is -2.46. The molecule has 0 spiro atoms. The number of hydrogen-bond acceptors (Lipinski definition) is 5. The largest absolute Gasteiger partial charge is 0.476 e. The zero-order valence-corrected chi connectivity index (χ0v) is 14.0. The standard InChI is InChI=1S/C17H19N3O5/c1-17(2)9-19(7-8-20(17)16(23)24)12-5-3-11(4-6-12)14-13(15(21)22)18-10-25-14/h3-6,10H,7-9H2,1-2H3,(H,21,22)(H,23,24). The fraction of sp³-hybridized carbons (Fsp3) is 0.353. The quantitative estimate of drug-likeness (QED) is 0.880. The number of nitrogens with zero attached hydrogens (tertiary/aromatic N) is 3. The highest BCUT2D eigenvalue weighted by molar-refractivity contribution is 5.92. The van der Waals surface area contributed by atoms with Gasteiger partial charge in [-0.2, -0.15) is 0 Å². The molecule has 0 unspecified atom stereocenters. The van der Waals surface area contributed by atoms with Crippen LogP contribution in [0.5, 0.6) is 0 Å². The van der Waals surface area contributed by atoms with E-state index in [0.29, 0.717) is 25.2 Å². The average molecular weight is 345 g/mol. The van der Waals surface area contributed by atoms with Gasteiger partial charge >= 0.3 is 12.1 Å². The van der Waals surface area contributed by atoms with Crippen LogP contribution in [0, 0.1) is 0 Å². The summed E-state index contributed by atoms with van der Waals surface area (Å²) in [5, 5.41) is 18.4. The van der Waals surface area contributed by atoms with Crippen molar-refractivity contribution >= 4 is 17.7 Å². The lowest BCUT2D eigenvalue weighted by atomic mass is 9.98. The van der Waals surface area contributed by atoms with Gasteiger partial charge in [-0.15, -0.1) is 0 Å². The molecule has 2 N–H and O–H groups in total. The molecule has 8 heteroatoms. The Hall–Kier alpha value is -3.03. The predicted molar refractivity (Wildman–Crippen MR) is 89.9 cm³/mol. The predicted octanol–water partition coefficient (Wildman–Crippen LogP) is 2.62. The average Bonchev–Trinajstić information content (AvgIpc) is 3.03. The molecule has 1 aromatic heterocycles. The maximum Gasteiger partial charge on any atom is 0.407 e. The molecule has 25 heavy (non-hydrogen) atoms. The van der Waals surface area contributed by atoms with E-state index in [4.69, 9.17) is 9.52 Å². The molecule has 1 aromatic carbocycles. The number of hydrogen-bond donors (Lipinski definition) is 2. The van der Waals surface area contributed by atoms with Gasteiger partial charge in [-0.05, 0) is 38.1 Å². The summed E-state index contributed by atoms with van der Waals surface area (Å²) in [5.74, 6) is -0.922. The Morgan fingerprint density at radius 2 is 1.84 bits per heavy atom. The molecule has 0 atom stereocenters. The van der Waals surface area contributed by atoms with Crippen LogP contribution in [0.4, 0.5) is 10.5 Å². The van der Waals surface area contributed by atoms with Gasteiger partial charge in [-0.3, -0.25) is 4.90 Å². The number of carbonyl (C=O) groups is 2. The number of amides is 1. The summed E-state index contributed by atoms with van der Waals surface area (Å²) < 4.78 is 5.19. The Labute approximate surface area is 144 Å². The molecular formula is C17H19N3O5. The van der Waals surface area contributed by atoms with Crippen LogP contribution in [0.25, 0.3) is 11.3 Å². The van der Waals surface area contributed by atoms with Crippen molar-refractivity contribution in [3.8, 4) is 11.3 Å². The molecule has 1 amide bonds. The molecule has 2 heterocycles. The number of carboxylic acids is 1. The molecule has 1 aliphatic rings. The zero-order chi connectivity index (χ0) is 18.2. The fourth-order valence-corrected chi connectivity index (χ4v) is 3.16. The van der Waals surface area contributed by atoms with Crippen LogP contribution in [-0.4, -0.2) is 57.3 Å². The van der Waals surface area contributed by atoms with Gasteiger partial charge in [0.05, 0.1) is 5.54 Å². The summed E-state index contributed by atoms with van der Waals surface area (Å²) in [6, 6.07) is 7.30. The van der Waals surface area contributed by atoms with Gasteiger partial charge in [0, 0.05) is 30.9 Å². The molecule has 2 aromatic rings. The third-order valence-electron chi connectivity index (χ3n) is 4.40. The Balaban J connectivity index is 1.80. The number of carboxylic acid groups (broad SMARTS) is 2. The van der Waals surface area contributed by atoms with Gasteiger partial charge in [0.25, 0.3) is 0 Å². The number of oxazole rings is 1. The van der Waals surface area contributed by atoms with E-state index in [1.54, 1.807) is 12.1 Å². The van der Waals surface area contributed by atoms with Gasteiger partial charge < -0.3 is 19.5 Å². The third-order valence-corrected chi connectivity index (χ3v) is 4.40. The van der Waals surface area contributed by atoms with Gasteiger partial charge in [0.1, 0.15) is 0 Å². The van der Waals surface area contributed by atoms with Crippen molar-refractivity contribution in [3.63, 3.8) is 0 Å². The van der Waals surface area contributed by atoms with Crippen molar-refractivity contribution < 1.29 is 24.2 Å². The van der Waals surface area contributed by atoms with Gasteiger partial charge in [-0.25, -0.2) is 14.6 Å². The van der Waals surface area contributed by atoms with E-state index in [0.717, 1.165) is 12.1 Å². The van der Waals surface area contributed by atoms with Crippen molar-refractivity contribution in [3.05, 3.63) is 36.4 Å². The van der Waals surface area contributed by atoms with Crippen LogP contribution in [0.1, 0.15) is 24.3 Å². The second kappa shape index (κ2) is 6.12. The Bertz CT molecular complexity index is 797. The summed E-state index contributed by atoms with van der Waals surface area (Å²) in [6.07, 6.45) is 0.201. The second-order valence-electron chi connectivity index (χ2n) is 6.55. The van der Waals surface area contributed by atoms with Gasteiger partial charge in [0.15, 0.2) is 17.8 Å². The number of aromatic carboxylic acids is 1. The van der Waals surface area contributed by atoms with Gasteiger partial charge in [0.2, 0.25) is 0 Å². The van der Waals surface area contributed by atoms with E-state index in [-0.39, 0.29) is 11.5 Å². The second-order valence-corrected chi connectivity index (χ2v) is 6.55. The highest BCUT2D eigenvalue weighted by Crippen LogP contribution is 2.29. The van der Waals surface area contributed by atoms with E-state index in [1.165, 1.54) is 4.90 Å². The highest BCUT2D eigenvalue weighted by atomic mass is 16.4. The smallest absolute Gasteiger partial charge is 0.407 e. The van der Waals surface area contributed by atoms with Gasteiger partial charge in [-0.1, -0.05) is 0 Å². The number of anilines is 1. The molecule has 0 radical (unpaired) electrons. The number of piperazine rings is 1. The lowest BCUT2D eigenvalue weighted by molar-refractivity contribution is 0.0691. The molecule has 8 nitrogen and oxygen atoms in total. The maximum absolute atomic E-state index is 11.3. The first kappa shape index (κ1) is 16.8. The number of aromatic nitrogens is 1. The lowest BCUT2D eigenvalue weighted by Crippen LogP contribution is -2.60. The number of rotatable bonds is 3. The molecule has 0 bridgehead atoms. The summed E-state index contributed by atoms with van der Waals surface area (Å²) in [6.45, 7) is 5.39. The Kier molecular flexibility index (Phi) is 4.12. The Morgan fingerprint density at radius 1 is 1.16 bits per heavy atom. The monoisotopic (exact) mass is 345 g/mol. The van der Waals surface area contributed by atoms with Crippen molar-refractivity contribution in [2.45, 2.75) is 19.4 Å². The van der Waals surface area contributed by atoms with Crippen LogP contribution in [-0.2, 0) is 0 Å². The van der Waals surface area contributed by atoms with Crippen molar-refractivity contribution in [2.75, 3.05) is 24.5 Å². The molecule has 1 saturated heterocycles. The molecule has 1 aliphatic heterocycles. The number of benzene rings is 1. The van der Waals surface area contributed by atoms with E-state index in [1.807, 2.05) is 26.0 Å². The van der Waals surface area contributed by atoms with Crippen molar-refractivity contribution in [1.82, 2.24) is 9.88 Å². The van der Waals surface area contributed by atoms with E-state index in [2.05, 4.69) is 9.88 Å². The first-order chi connectivity index (χ1) is 11.8. The first-order valence-electron chi connectivity index (χ1n) is 7.82. The summed E-state index contributed by atoms with van der Waals surface area (Å²) in [5.41, 5.74) is 0.953. The summed E-state index contributed by atoms with van der Waals surface area (Å²) >= 11 is 0. The molecule has 0 saturated carbocycles. The summed E-state index contributed by atoms with van der Waals surface area (Å²) in [7, 11) is 0. The topological polar surface area (TPSA) is 107 Å². The molecule has 1 fully saturated rings. The van der Waals surface area contributed by atoms with Crippen molar-refractivity contribution in [2.24, 2.45) is 0 Å². The van der Waals surface area contributed by atoms with Crippen LogP contribution < -0.4 is 4.90 Å². The SMILES string of the molecule is CC1(C)CN(c2ccc(-c3ocnc3C(=O)O)cc2)CCN1C(=O)O. The van der Waals surface area contributed by atoms with Crippen LogP contribution in [0.2, 0.25) is 0 Å². The minimum atomic E-state index is -1.14. The molecule has 132 valence electrons. The van der Waals surface area contributed by atoms with Crippen LogP contribution in [0.3, 0.4) is 0 Å². The van der Waals surface area contributed by atoms with E-state index < -0.39 is 17.6 Å². The Morgan fingerprint density at radius 3 is 2.40 bits per heavy atom. The summed E-state index contributed by atoms with van der Waals surface area (Å²) in [4.78, 5) is 29.7. The zero-order valence-electron chi connectivity index (χ0n) is 14.0. The minimum Gasteiger partial charge on any atom is -0.476 e. The molecule has 0 aliphatic carbocycles. The third kappa shape index (κ3) is 3.15. The molecule has 3 rings (SSSR count).